The maximum absolute atomic E-state index is 14.1. The summed E-state index contributed by atoms with van der Waals surface area (Å²) in [7, 11) is 2.12. The number of thiophene rings is 1. The van der Waals surface area contributed by atoms with Gasteiger partial charge >= 0.3 is 12.2 Å². The van der Waals surface area contributed by atoms with Gasteiger partial charge < -0.3 is 30.7 Å². The van der Waals surface area contributed by atoms with Crippen LogP contribution < -0.4 is 11.1 Å². The normalized spacial score (nSPS) is 21.3. The van der Waals surface area contributed by atoms with E-state index in [9.17, 15) is 27.6 Å². The number of aryl methyl sites for hydroxylation is 1. The number of nitrogens with two attached hydrogens (primary N) is 1. The Morgan fingerprint density at radius 2 is 1.60 bits per heavy atom. The van der Waals surface area contributed by atoms with Crippen LogP contribution in [0.4, 0.5) is 29.3 Å². The zero-order valence-corrected chi connectivity index (χ0v) is 28.5. The molecule has 0 saturated carbocycles. The first-order valence-corrected chi connectivity index (χ1v) is 17.9. The number of urea groups is 1. The average molecular weight is 690 g/mol. The number of nitrogens with zero attached hydrogens (tertiary/aromatic N) is 5. The lowest BCUT2D eigenvalue weighted by atomic mass is 9.90. The van der Waals surface area contributed by atoms with Gasteiger partial charge in [0.25, 0.3) is 0 Å². The number of piperidine rings is 2. The number of benzene rings is 1. The molecule has 0 bridgehead atoms. The molecular formula is C34H46F3N7O3S. The molecule has 3 N–H and O–H groups in total. The summed E-state index contributed by atoms with van der Waals surface area (Å²) in [4.78, 5) is 50.8. The van der Waals surface area contributed by atoms with Crippen molar-refractivity contribution in [3.05, 3.63) is 45.1 Å². The van der Waals surface area contributed by atoms with Crippen LogP contribution in [-0.2, 0) is 28.7 Å². The Bertz CT molecular complexity index is 1490. The van der Waals surface area contributed by atoms with Gasteiger partial charge in [0.2, 0.25) is 11.8 Å². The molecule has 3 saturated heterocycles. The molecule has 0 spiro atoms. The third kappa shape index (κ3) is 7.60. The number of hydrogen-bond acceptors (Lipinski definition) is 7. The van der Waals surface area contributed by atoms with E-state index in [0.29, 0.717) is 62.7 Å². The molecule has 4 aliphatic rings. The number of alkyl halides is 3. The lowest BCUT2D eigenvalue weighted by Crippen LogP contribution is -2.54. The summed E-state index contributed by atoms with van der Waals surface area (Å²) in [6, 6.07) is 2.87. The van der Waals surface area contributed by atoms with Crippen molar-refractivity contribution in [1.29, 1.82) is 0 Å². The number of nitrogens with one attached hydrogen (secondary N) is 1. The number of halogens is 3. The number of likely N-dealkylation sites (tertiary alicyclic amines) is 2. The molecule has 2 aromatic rings. The summed E-state index contributed by atoms with van der Waals surface area (Å²) in [6.45, 7) is 8.10. The van der Waals surface area contributed by atoms with Gasteiger partial charge in [0.15, 0.2) is 0 Å². The number of anilines is 2. The summed E-state index contributed by atoms with van der Waals surface area (Å²) < 4.78 is 41.6. The van der Waals surface area contributed by atoms with Gasteiger partial charge in [-0.05, 0) is 68.6 Å². The Morgan fingerprint density at radius 3 is 2.27 bits per heavy atom. The van der Waals surface area contributed by atoms with E-state index in [1.54, 1.807) is 27.2 Å². The van der Waals surface area contributed by atoms with E-state index >= 15 is 0 Å². The zero-order chi connectivity index (χ0) is 34.2. The van der Waals surface area contributed by atoms with Crippen LogP contribution in [-0.4, -0.2) is 114 Å². The van der Waals surface area contributed by atoms with Crippen molar-refractivity contribution in [1.82, 2.24) is 24.5 Å². The van der Waals surface area contributed by atoms with Crippen LogP contribution in [0.2, 0.25) is 0 Å². The van der Waals surface area contributed by atoms with Crippen molar-refractivity contribution in [3.63, 3.8) is 0 Å². The van der Waals surface area contributed by atoms with Gasteiger partial charge in [-0.25, -0.2) is 4.79 Å². The Labute approximate surface area is 284 Å². The first kappa shape index (κ1) is 34.5. The smallest absolute Gasteiger partial charge is 0.398 e. The minimum atomic E-state index is -4.63. The fourth-order valence-corrected chi connectivity index (χ4v) is 8.49. The SMILES string of the molecule is Cc1cc(C[C@@H](CC(=O)N2CCC(N3Cc4cscc4NC3=O)CC2)C(=O)N2CCC(N3CCN(C)CC3)CC2)cc(C(F)(F)F)c1N. The van der Waals surface area contributed by atoms with Crippen LogP contribution in [0, 0.1) is 12.8 Å². The van der Waals surface area contributed by atoms with Crippen molar-refractivity contribution in [2.45, 2.75) is 70.3 Å². The maximum atomic E-state index is 14.1. The van der Waals surface area contributed by atoms with E-state index in [1.807, 2.05) is 15.7 Å². The van der Waals surface area contributed by atoms with Crippen molar-refractivity contribution in [2.24, 2.45) is 5.92 Å². The number of hydrogen-bond donors (Lipinski definition) is 2. The summed E-state index contributed by atoms with van der Waals surface area (Å²) in [6.07, 6.45) is -1.81. The largest absolute Gasteiger partial charge is 0.418 e. The highest BCUT2D eigenvalue weighted by molar-refractivity contribution is 7.08. The lowest BCUT2D eigenvalue weighted by Gasteiger charge is -2.42. The molecule has 14 heteroatoms. The minimum absolute atomic E-state index is 0.0142. The third-order valence-electron chi connectivity index (χ3n) is 10.7. The van der Waals surface area contributed by atoms with Crippen LogP contribution in [0.3, 0.4) is 0 Å². The van der Waals surface area contributed by atoms with Gasteiger partial charge in [0, 0.05) is 87.5 Å². The van der Waals surface area contributed by atoms with E-state index in [0.717, 1.165) is 56.3 Å². The van der Waals surface area contributed by atoms with Crippen molar-refractivity contribution >= 4 is 40.6 Å². The van der Waals surface area contributed by atoms with E-state index < -0.39 is 17.7 Å². The molecule has 1 aromatic heterocycles. The van der Waals surface area contributed by atoms with Crippen molar-refractivity contribution in [3.8, 4) is 0 Å². The van der Waals surface area contributed by atoms with E-state index in [-0.39, 0.29) is 42.4 Å². The number of carbonyl (C=O) groups is 3. The number of fused-ring (bicyclic) bond motifs is 1. The molecule has 4 amide bonds. The fourth-order valence-electron chi connectivity index (χ4n) is 7.71. The van der Waals surface area contributed by atoms with Crippen LogP contribution in [0.5, 0.6) is 0 Å². The standard InChI is InChI=1S/C34H46F3N7O3S/c1-22-15-23(17-28(31(22)38)34(35,36)37)16-24(32(46)43-9-3-26(4-10-43)41-13-11-40(2)12-14-41)18-30(45)42-7-5-27(6-8-42)44-19-25-20-48-21-29(25)39-33(44)47/h15,17,20-21,24,26-27H,3-14,16,18-19,38H2,1-2H3,(H,39,47)/t24-/m0/s1. The summed E-state index contributed by atoms with van der Waals surface area (Å²) >= 11 is 1.55. The summed E-state index contributed by atoms with van der Waals surface area (Å²) in [5, 5.41) is 6.91. The number of piperazine rings is 1. The maximum Gasteiger partial charge on any atom is 0.418 e. The molecule has 10 nitrogen and oxygen atoms in total. The summed E-state index contributed by atoms with van der Waals surface area (Å²) in [5.74, 6) is -1.18. The van der Waals surface area contributed by atoms with Crippen LogP contribution in [0.15, 0.2) is 22.9 Å². The molecule has 0 aliphatic carbocycles. The number of likely N-dealkylation sites (N-methyl/N-ethyl adjacent to an activating group) is 1. The van der Waals surface area contributed by atoms with Crippen LogP contribution in [0.25, 0.3) is 0 Å². The molecule has 262 valence electrons. The second kappa shape index (κ2) is 14.2. The Balaban J connectivity index is 1.13. The predicted molar refractivity (Wildman–Crippen MR) is 180 cm³/mol. The number of carbonyl (C=O) groups excluding carboxylic acids is 3. The second-order valence-electron chi connectivity index (χ2n) is 13.9. The molecular weight excluding hydrogens is 643 g/mol. The van der Waals surface area contributed by atoms with Crippen LogP contribution >= 0.6 is 11.3 Å². The highest BCUT2D eigenvalue weighted by Gasteiger charge is 2.38. The molecule has 0 radical (unpaired) electrons. The van der Waals surface area contributed by atoms with Gasteiger partial charge in [-0.1, -0.05) is 6.07 Å². The highest BCUT2D eigenvalue weighted by Crippen LogP contribution is 2.37. The first-order valence-electron chi connectivity index (χ1n) is 17.0. The highest BCUT2D eigenvalue weighted by atomic mass is 32.1. The Hall–Kier alpha value is -3.36. The second-order valence-corrected chi connectivity index (χ2v) is 14.6. The molecule has 3 fully saturated rings. The number of amides is 4. The minimum Gasteiger partial charge on any atom is -0.398 e. The van der Waals surface area contributed by atoms with Gasteiger partial charge in [0.1, 0.15) is 0 Å². The monoisotopic (exact) mass is 689 g/mol. The van der Waals surface area contributed by atoms with E-state index in [2.05, 4.69) is 22.2 Å². The third-order valence-corrected chi connectivity index (χ3v) is 11.5. The summed E-state index contributed by atoms with van der Waals surface area (Å²) in [5.41, 5.74) is 7.14. The molecule has 1 atom stereocenters. The molecule has 6 rings (SSSR count). The first-order chi connectivity index (χ1) is 22.9. The van der Waals surface area contributed by atoms with Crippen LogP contribution in [0.1, 0.15) is 54.4 Å². The molecule has 0 unspecified atom stereocenters. The lowest BCUT2D eigenvalue weighted by molar-refractivity contribution is -0.143. The van der Waals surface area contributed by atoms with Gasteiger partial charge in [-0.2, -0.15) is 13.2 Å². The average Bonchev–Trinajstić information content (AvgIpc) is 3.52. The Kier molecular flexibility index (Phi) is 10.2. The van der Waals surface area contributed by atoms with Gasteiger partial charge in [0.05, 0.1) is 23.7 Å². The zero-order valence-electron chi connectivity index (χ0n) is 27.7. The molecule has 48 heavy (non-hydrogen) atoms. The number of nitrogen functional groups attached to an aromatic ring is 1. The predicted octanol–water partition coefficient (Wildman–Crippen LogP) is 4.48. The van der Waals surface area contributed by atoms with Crippen molar-refractivity contribution < 1.29 is 27.6 Å². The van der Waals surface area contributed by atoms with Crippen molar-refractivity contribution in [2.75, 3.05) is 70.5 Å². The molecule has 4 aliphatic heterocycles. The van der Waals surface area contributed by atoms with Gasteiger partial charge in [-0.15, -0.1) is 11.3 Å². The van der Waals surface area contributed by atoms with Gasteiger partial charge in [-0.3, -0.25) is 14.5 Å². The molecule has 1 aromatic carbocycles. The number of rotatable bonds is 7. The molecule has 5 heterocycles. The van der Waals surface area contributed by atoms with E-state index in [1.165, 1.54) is 6.92 Å². The topological polar surface area (TPSA) is 105 Å². The Morgan fingerprint density at radius 1 is 0.958 bits per heavy atom. The van der Waals surface area contributed by atoms with E-state index in [4.69, 9.17) is 5.73 Å². The quantitative estimate of drug-likeness (QED) is 0.416. The fraction of sp³-hybridized carbons (Fsp3) is 0.618.